The third kappa shape index (κ3) is 2.42. The number of piperidine rings is 1. The second-order valence-corrected chi connectivity index (χ2v) is 8.18. The van der Waals surface area contributed by atoms with E-state index < -0.39 is 0 Å². The molecule has 0 spiro atoms. The van der Waals surface area contributed by atoms with E-state index in [-0.39, 0.29) is 0 Å². The first-order chi connectivity index (χ1) is 9.70. The van der Waals surface area contributed by atoms with E-state index in [4.69, 9.17) is 5.73 Å². The fraction of sp³-hybridized carbons (Fsp3) is 1.00. The lowest BCUT2D eigenvalue weighted by Crippen LogP contribution is -2.62. The number of rotatable bonds is 6. The second kappa shape index (κ2) is 4.96. The molecule has 0 radical (unpaired) electrons. The highest BCUT2D eigenvalue weighted by molar-refractivity contribution is 5.07. The van der Waals surface area contributed by atoms with Gasteiger partial charge in [-0.25, -0.2) is 0 Å². The number of nitrogens with zero attached hydrogens (tertiary/aromatic N) is 2. The summed E-state index contributed by atoms with van der Waals surface area (Å²) in [4.78, 5) is 5.53. The van der Waals surface area contributed by atoms with E-state index in [1.54, 1.807) is 0 Å². The van der Waals surface area contributed by atoms with Gasteiger partial charge < -0.3 is 10.6 Å². The molecule has 4 rings (SSSR count). The normalized spacial score (nSPS) is 41.5. The Balaban J connectivity index is 1.53. The van der Waals surface area contributed by atoms with E-state index in [0.717, 1.165) is 30.5 Å². The van der Waals surface area contributed by atoms with Crippen LogP contribution in [0.5, 0.6) is 0 Å². The molecule has 114 valence electrons. The lowest BCUT2D eigenvalue weighted by molar-refractivity contribution is -0.00455. The summed E-state index contributed by atoms with van der Waals surface area (Å²) in [6.07, 6.45) is 11.3. The molecule has 2 N–H and O–H groups in total. The second-order valence-electron chi connectivity index (χ2n) is 8.18. The number of nitrogens with two attached hydrogens (primary N) is 1. The predicted octanol–water partition coefficient (Wildman–Crippen LogP) is 2.06. The lowest BCUT2D eigenvalue weighted by atomic mass is 9.81. The molecule has 2 heterocycles. The molecule has 2 aliphatic carbocycles. The van der Waals surface area contributed by atoms with Crippen LogP contribution in [-0.4, -0.2) is 54.1 Å². The van der Waals surface area contributed by atoms with Gasteiger partial charge in [-0.1, -0.05) is 0 Å². The fourth-order valence-electron chi connectivity index (χ4n) is 4.78. The zero-order valence-electron chi connectivity index (χ0n) is 13.1. The van der Waals surface area contributed by atoms with Gasteiger partial charge in [0.05, 0.1) is 0 Å². The van der Waals surface area contributed by atoms with Crippen molar-refractivity contribution in [3.63, 3.8) is 0 Å². The summed E-state index contributed by atoms with van der Waals surface area (Å²) in [5.74, 6) is 1.99. The van der Waals surface area contributed by atoms with Gasteiger partial charge in [0, 0.05) is 37.3 Å². The number of hydrogen-bond acceptors (Lipinski definition) is 3. The van der Waals surface area contributed by atoms with E-state index in [9.17, 15) is 0 Å². The van der Waals surface area contributed by atoms with Crippen LogP contribution in [-0.2, 0) is 0 Å². The van der Waals surface area contributed by atoms with E-state index in [1.165, 1.54) is 64.5 Å². The van der Waals surface area contributed by atoms with Crippen molar-refractivity contribution in [2.45, 2.75) is 69.0 Å². The average Bonchev–Trinajstić information content (AvgIpc) is 3.34. The van der Waals surface area contributed by atoms with Crippen molar-refractivity contribution in [2.75, 3.05) is 26.7 Å². The van der Waals surface area contributed by atoms with Crippen molar-refractivity contribution in [1.29, 1.82) is 0 Å². The summed E-state index contributed by atoms with van der Waals surface area (Å²) in [6, 6.07) is 1.61. The van der Waals surface area contributed by atoms with Gasteiger partial charge in [0.25, 0.3) is 0 Å². The molecule has 0 amide bonds. The minimum atomic E-state index is 0.337. The Bertz CT molecular complexity index is 333. The third-order valence-corrected chi connectivity index (χ3v) is 6.62. The van der Waals surface area contributed by atoms with Crippen LogP contribution in [0.25, 0.3) is 0 Å². The SMILES string of the molecule is CN1C2CCC1CC(CN)(N(CC1CC1)CC1CC1)C2. The molecule has 20 heavy (non-hydrogen) atoms. The highest BCUT2D eigenvalue weighted by atomic mass is 15.3. The molecule has 0 aromatic rings. The van der Waals surface area contributed by atoms with Crippen LogP contribution in [0.4, 0.5) is 0 Å². The standard InChI is InChI=1S/C17H31N3/c1-19-15-6-7-16(19)9-17(8-15,12-18)20(10-13-2-3-13)11-14-4-5-14/h13-16H,2-12,18H2,1H3. The maximum atomic E-state index is 6.37. The molecule has 3 nitrogen and oxygen atoms in total. The predicted molar refractivity (Wildman–Crippen MR) is 82.6 cm³/mol. The molecular weight excluding hydrogens is 246 g/mol. The Morgan fingerprint density at radius 1 is 0.950 bits per heavy atom. The number of hydrogen-bond donors (Lipinski definition) is 1. The summed E-state index contributed by atoms with van der Waals surface area (Å²) in [6.45, 7) is 3.57. The molecule has 4 fully saturated rings. The van der Waals surface area contributed by atoms with Crippen molar-refractivity contribution in [2.24, 2.45) is 17.6 Å². The fourth-order valence-corrected chi connectivity index (χ4v) is 4.78. The topological polar surface area (TPSA) is 32.5 Å². The number of fused-ring (bicyclic) bond motifs is 2. The molecule has 2 bridgehead atoms. The van der Waals surface area contributed by atoms with Gasteiger partial charge in [-0.2, -0.15) is 0 Å². The van der Waals surface area contributed by atoms with Gasteiger partial charge in [-0.15, -0.1) is 0 Å². The van der Waals surface area contributed by atoms with Crippen LogP contribution in [0.1, 0.15) is 51.4 Å². The van der Waals surface area contributed by atoms with E-state index in [0.29, 0.717) is 5.54 Å². The van der Waals surface area contributed by atoms with Crippen molar-refractivity contribution in [1.82, 2.24) is 9.80 Å². The first-order valence-electron chi connectivity index (χ1n) is 8.87. The van der Waals surface area contributed by atoms with Gasteiger partial charge >= 0.3 is 0 Å². The van der Waals surface area contributed by atoms with Crippen molar-refractivity contribution >= 4 is 0 Å². The van der Waals surface area contributed by atoms with E-state index >= 15 is 0 Å². The Kier molecular flexibility index (Phi) is 3.36. The van der Waals surface area contributed by atoms with Crippen LogP contribution in [0, 0.1) is 11.8 Å². The minimum absolute atomic E-state index is 0.337. The summed E-state index contributed by atoms with van der Waals surface area (Å²) >= 11 is 0. The highest BCUT2D eigenvalue weighted by Gasteiger charge is 2.50. The summed E-state index contributed by atoms with van der Waals surface area (Å²) < 4.78 is 0. The van der Waals surface area contributed by atoms with Gasteiger partial charge in [0.15, 0.2) is 0 Å². The summed E-state index contributed by atoms with van der Waals surface area (Å²) in [5.41, 5.74) is 6.71. The first-order valence-corrected chi connectivity index (χ1v) is 8.87. The maximum absolute atomic E-state index is 6.37. The smallest absolute Gasteiger partial charge is 0.0361 e. The molecule has 3 heteroatoms. The Morgan fingerprint density at radius 2 is 1.45 bits per heavy atom. The Morgan fingerprint density at radius 3 is 1.85 bits per heavy atom. The molecule has 2 unspecified atom stereocenters. The van der Waals surface area contributed by atoms with Gasteiger partial charge in [-0.3, -0.25) is 4.90 Å². The van der Waals surface area contributed by atoms with Gasteiger partial charge in [-0.05, 0) is 70.3 Å². The molecular formula is C17H31N3. The molecule has 0 aromatic carbocycles. The highest BCUT2D eigenvalue weighted by Crippen LogP contribution is 2.45. The van der Waals surface area contributed by atoms with Crippen LogP contribution in [0.3, 0.4) is 0 Å². The zero-order chi connectivity index (χ0) is 13.7. The van der Waals surface area contributed by atoms with Crippen LogP contribution in [0.2, 0.25) is 0 Å². The van der Waals surface area contributed by atoms with Crippen molar-refractivity contribution < 1.29 is 0 Å². The Labute approximate surface area is 123 Å². The summed E-state index contributed by atoms with van der Waals surface area (Å²) in [5, 5.41) is 0. The largest absolute Gasteiger partial charge is 0.329 e. The van der Waals surface area contributed by atoms with Crippen molar-refractivity contribution in [3.8, 4) is 0 Å². The molecule has 4 aliphatic rings. The summed E-state index contributed by atoms with van der Waals surface area (Å²) in [7, 11) is 2.34. The molecule has 2 saturated carbocycles. The first kappa shape index (κ1) is 13.5. The molecule has 2 aliphatic heterocycles. The zero-order valence-corrected chi connectivity index (χ0v) is 13.1. The quantitative estimate of drug-likeness (QED) is 0.806. The van der Waals surface area contributed by atoms with Gasteiger partial charge in [0.1, 0.15) is 0 Å². The minimum Gasteiger partial charge on any atom is -0.329 e. The third-order valence-electron chi connectivity index (χ3n) is 6.62. The van der Waals surface area contributed by atoms with E-state index in [2.05, 4.69) is 16.8 Å². The monoisotopic (exact) mass is 277 g/mol. The van der Waals surface area contributed by atoms with E-state index in [1.807, 2.05) is 0 Å². The Hall–Kier alpha value is -0.120. The van der Waals surface area contributed by atoms with Crippen LogP contribution >= 0.6 is 0 Å². The average molecular weight is 277 g/mol. The van der Waals surface area contributed by atoms with Crippen molar-refractivity contribution in [3.05, 3.63) is 0 Å². The molecule has 0 aromatic heterocycles. The molecule has 2 atom stereocenters. The van der Waals surface area contributed by atoms with Crippen LogP contribution in [0.15, 0.2) is 0 Å². The molecule has 2 saturated heterocycles. The van der Waals surface area contributed by atoms with Crippen LogP contribution < -0.4 is 5.73 Å². The lowest BCUT2D eigenvalue weighted by Gasteiger charge is -2.51. The maximum Gasteiger partial charge on any atom is 0.0361 e. The van der Waals surface area contributed by atoms with Gasteiger partial charge in [0.2, 0.25) is 0 Å².